The Labute approximate surface area is 132 Å². The van der Waals surface area contributed by atoms with Crippen LogP contribution in [-0.2, 0) is 11.3 Å². The van der Waals surface area contributed by atoms with Crippen LogP contribution in [0.25, 0.3) is 0 Å². The number of carbonyl (C=O) groups is 1. The normalized spacial score (nSPS) is 12.8. The zero-order valence-electron chi connectivity index (χ0n) is 13.8. The number of rotatable bonds is 9. The topological polar surface area (TPSA) is 78.7 Å². The predicted molar refractivity (Wildman–Crippen MR) is 88.7 cm³/mol. The van der Waals surface area contributed by atoms with Crippen LogP contribution in [-0.4, -0.2) is 31.5 Å². The Bertz CT molecular complexity index is 443. The summed E-state index contributed by atoms with van der Waals surface area (Å²) in [4.78, 5) is 15.9. The SMILES string of the molecule is CCCCCC(C)NC(=NC)NCC(=O)NCc1ccco1. The zero-order chi connectivity index (χ0) is 16.2. The van der Waals surface area contributed by atoms with Gasteiger partial charge in [0.25, 0.3) is 0 Å². The van der Waals surface area contributed by atoms with Crippen molar-refractivity contribution >= 4 is 11.9 Å². The highest BCUT2D eigenvalue weighted by molar-refractivity contribution is 5.86. The van der Waals surface area contributed by atoms with E-state index in [1.807, 2.05) is 6.07 Å². The quantitative estimate of drug-likeness (QED) is 0.370. The summed E-state index contributed by atoms with van der Waals surface area (Å²) in [7, 11) is 1.70. The number of furan rings is 1. The molecule has 1 atom stereocenters. The number of guanidine groups is 1. The van der Waals surface area contributed by atoms with Crippen LogP contribution in [0.5, 0.6) is 0 Å². The van der Waals surface area contributed by atoms with E-state index in [9.17, 15) is 4.79 Å². The lowest BCUT2D eigenvalue weighted by molar-refractivity contribution is -0.120. The van der Waals surface area contributed by atoms with E-state index in [1.54, 1.807) is 19.4 Å². The first-order valence-corrected chi connectivity index (χ1v) is 7.92. The molecule has 3 N–H and O–H groups in total. The minimum absolute atomic E-state index is 0.0991. The van der Waals surface area contributed by atoms with E-state index < -0.39 is 0 Å². The molecule has 22 heavy (non-hydrogen) atoms. The molecule has 1 amide bonds. The van der Waals surface area contributed by atoms with Gasteiger partial charge in [-0.25, -0.2) is 0 Å². The van der Waals surface area contributed by atoms with Crippen molar-refractivity contribution in [1.29, 1.82) is 0 Å². The second-order valence-corrected chi connectivity index (χ2v) is 5.32. The van der Waals surface area contributed by atoms with E-state index in [2.05, 4.69) is 34.8 Å². The first-order valence-electron chi connectivity index (χ1n) is 7.92. The highest BCUT2D eigenvalue weighted by Crippen LogP contribution is 2.02. The smallest absolute Gasteiger partial charge is 0.239 e. The minimum Gasteiger partial charge on any atom is -0.467 e. The molecular formula is C16H28N4O2. The maximum absolute atomic E-state index is 11.8. The van der Waals surface area contributed by atoms with Crippen molar-refractivity contribution in [2.24, 2.45) is 4.99 Å². The average molecular weight is 308 g/mol. The summed E-state index contributed by atoms with van der Waals surface area (Å²) in [5, 5.41) is 9.09. The van der Waals surface area contributed by atoms with Gasteiger partial charge in [0.2, 0.25) is 5.91 Å². The van der Waals surface area contributed by atoms with E-state index in [4.69, 9.17) is 4.42 Å². The number of nitrogens with zero attached hydrogens (tertiary/aromatic N) is 1. The molecule has 1 heterocycles. The molecule has 0 aliphatic carbocycles. The van der Waals surface area contributed by atoms with Crippen molar-refractivity contribution in [3.63, 3.8) is 0 Å². The van der Waals surface area contributed by atoms with E-state index in [0.717, 1.165) is 12.2 Å². The first-order chi connectivity index (χ1) is 10.7. The molecule has 0 saturated heterocycles. The molecule has 124 valence electrons. The van der Waals surface area contributed by atoms with Gasteiger partial charge >= 0.3 is 0 Å². The summed E-state index contributed by atoms with van der Waals surface area (Å²) in [5.41, 5.74) is 0. The molecule has 0 aromatic carbocycles. The molecule has 0 aliphatic rings. The highest BCUT2D eigenvalue weighted by Gasteiger charge is 2.07. The van der Waals surface area contributed by atoms with Gasteiger partial charge in [-0.2, -0.15) is 0 Å². The highest BCUT2D eigenvalue weighted by atomic mass is 16.3. The fourth-order valence-corrected chi connectivity index (χ4v) is 2.03. The second-order valence-electron chi connectivity index (χ2n) is 5.32. The molecular weight excluding hydrogens is 280 g/mol. The van der Waals surface area contributed by atoms with Crippen molar-refractivity contribution in [3.05, 3.63) is 24.2 Å². The van der Waals surface area contributed by atoms with E-state index in [-0.39, 0.29) is 12.5 Å². The van der Waals surface area contributed by atoms with Gasteiger partial charge in [0, 0.05) is 13.1 Å². The predicted octanol–water partition coefficient (Wildman–Crippen LogP) is 2.03. The molecule has 0 fully saturated rings. The maximum Gasteiger partial charge on any atom is 0.239 e. The fraction of sp³-hybridized carbons (Fsp3) is 0.625. The van der Waals surface area contributed by atoms with Crippen LogP contribution >= 0.6 is 0 Å². The molecule has 1 rings (SSSR count). The van der Waals surface area contributed by atoms with Crippen LogP contribution < -0.4 is 16.0 Å². The molecule has 1 aromatic rings. The van der Waals surface area contributed by atoms with Gasteiger partial charge in [-0.15, -0.1) is 0 Å². The second kappa shape index (κ2) is 10.7. The number of hydrogen-bond acceptors (Lipinski definition) is 3. The number of unbranched alkanes of at least 4 members (excludes halogenated alkanes) is 2. The average Bonchev–Trinajstić information content (AvgIpc) is 3.03. The molecule has 0 saturated carbocycles. The van der Waals surface area contributed by atoms with Gasteiger partial charge in [0.05, 0.1) is 19.4 Å². The van der Waals surface area contributed by atoms with Crippen molar-refractivity contribution in [1.82, 2.24) is 16.0 Å². The van der Waals surface area contributed by atoms with Crippen LogP contribution in [0.3, 0.4) is 0 Å². The summed E-state index contributed by atoms with van der Waals surface area (Å²) in [6, 6.07) is 3.96. The van der Waals surface area contributed by atoms with Crippen molar-refractivity contribution < 1.29 is 9.21 Å². The Morgan fingerprint density at radius 3 is 2.82 bits per heavy atom. The molecule has 1 unspecified atom stereocenters. The van der Waals surface area contributed by atoms with Gasteiger partial charge in [-0.1, -0.05) is 26.2 Å². The van der Waals surface area contributed by atoms with Gasteiger partial charge in [-0.05, 0) is 25.5 Å². The summed E-state index contributed by atoms with van der Waals surface area (Å²) in [5.74, 6) is 1.29. The number of nitrogens with one attached hydrogen (secondary N) is 3. The number of carbonyl (C=O) groups excluding carboxylic acids is 1. The minimum atomic E-state index is -0.0991. The van der Waals surface area contributed by atoms with Gasteiger partial charge < -0.3 is 20.4 Å². The molecule has 0 bridgehead atoms. The molecule has 0 spiro atoms. The van der Waals surface area contributed by atoms with Crippen LogP contribution in [0.4, 0.5) is 0 Å². The van der Waals surface area contributed by atoms with Crippen molar-refractivity contribution in [2.75, 3.05) is 13.6 Å². The monoisotopic (exact) mass is 308 g/mol. The zero-order valence-corrected chi connectivity index (χ0v) is 13.8. The van der Waals surface area contributed by atoms with Crippen molar-refractivity contribution in [3.8, 4) is 0 Å². The number of hydrogen-bond donors (Lipinski definition) is 3. The third kappa shape index (κ3) is 7.71. The summed E-state index contributed by atoms with van der Waals surface area (Å²) < 4.78 is 5.16. The molecule has 6 heteroatoms. The Balaban J connectivity index is 2.20. The molecule has 0 radical (unpaired) electrons. The third-order valence-corrected chi connectivity index (χ3v) is 3.30. The summed E-state index contributed by atoms with van der Waals surface area (Å²) in [6.45, 7) is 4.90. The first kappa shape index (κ1) is 18.1. The number of aliphatic imine (C=N–C) groups is 1. The summed E-state index contributed by atoms with van der Waals surface area (Å²) >= 11 is 0. The van der Waals surface area contributed by atoms with E-state index >= 15 is 0 Å². The molecule has 6 nitrogen and oxygen atoms in total. The molecule has 1 aromatic heterocycles. The maximum atomic E-state index is 11.8. The Morgan fingerprint density at radius 2 is 2.18 bits per heavy atom. The van der Waals surface area contributed by atoms with E-state index in [0.29, 0.717) is 18.5 Å². The van der Waals surface area contributed by atoms with E-state index in [1.165, 1.54) is 19.3 Å². The van der Waals surface area contributed by atoms with Crippen molar-refractivity contribution in [2.45, 2.75) is 52.1 Å². The standard InChI is InChI=1S/C16H28N4O2/c1-4-5-6-8-13(2)20-16(17-3)19-12-15(21)18-11-14-9-7-10-22-14/h7,9-10,13H,4-6,8,11-12H2,1-3H3,(H,18,21)(H2,17,19,20). The lowest BCUT2D eigenvalue weighted by atomic mass is 10.1. The largest absolute Gasteiger partial charge is 0.467 e. The Kier molecular flexibility index (Phi) is 8.79. The van der Waals surface area contributed by atoms with Crippen LogP contribution in [0.15, 0.2) is 27.8 Å². The van der Waals surface area contributed by atoms with Gasteiger partial charge in [0.15, 0.2) is 5.96 Å². The van der Waals surface area contributed by atoms with Crippen LogP contribution in [0.2, 0.25) is 0 Å². The molecule has 0 aliphatic heterocycles. The fourth-order valence-electron chi connectivity index (χ4n) is 2.03. The Hall–Kier alpha value is -1.98. The van der Waals surface area contributed by atoms with Crippen LogP contribution in [0, 0.1) is 0 Å². The number of amides is 1. The third-order valence-electron chi connectivity index (χ3n) is 3.30. The van der Waals surface area contributed by atoms with Crippen LogP contribution in [0.1, 0.15) is 45.3 Å². The lowest BCUT2D eigenvalue weighted by Crippen LogP contribution is -2.45. The Morgan fingerprint density at radius 1 is 1.36 bits per heavy atom. The van der Waals surface area contributed by atoms with Gasteiger partial charge in [0.1, 0.15) is 5.76 Å². The van der Waals surface area contributed by atoms with Gasteiger partial charge in [-0.3, -0.25) is 9.79 Å². The lowest BCUT2D eigenvalue weighted by Gasteiger charge is -2.17. The summed E-state index contributed by atoms with van der Waals surface area (Å²) in [6.07, 6.45) is 6.35.